The molecule has 5 nitrogen and oxygen atoms in total. The van der Waals surface area contributed by atoms with Crippen molar-refractivity contribution in [2.24, 2.45) is 0 Å². The van der Waals surface area contributed by atoms with Crippen molar-refractivity contribution in [3.63, 3.8) is 0 Å². The monoisotopic (exact) mass is 341 g/mol. The first kappa shape index (κ1) is 16.4. The van der Waals surface area contributed by atoms with E-state index in [1.165, 1.54) is 0 Å². The Hall–Kier alpha value is -2.44. The van der Waals surface area contributed by atoms with Gasteiger partial charge in [0.25, 0.3) is 0 Å². The number of para-hydroxylation sites is 1. The van der Waals surface area contributed by atoms with Gasteiger partial charge in [0.2, 0.25) is 0 Å². The number of amides is 2. The molecule has 0 aliphatic carbocycles. The Morgan fingerprint density at radius 3 is 2.67 bits per heavy atom. The average molecular weight is 341 g/mol. The highest BCUT2D eigenvalue weighted by atomic mass is 32.1. The summed E-state index contributed by atoms with van der Waals surface area (Å²) >= 11 is 1.65. The zero-order valence-electron chi connectivity index (χ0n) is 13.3. The predicted octanol–water partition coefficient (Wildman–Crippen LogP) is 3.86. The molecule has 0 aliphatic rings. The minimum atomic E-state index is -0.274. The molecule has 0 saturated carbocycles. The molecule has 1 aromatic heterocycles. The molecule has 0 aliphatic heterocycles. The third kappa shape index (κ3) is 3.90. The SMILES string of the molecule is C[C@H](CCO)NC(=O)Nc1ccc(-c2nc3ccccc3s2)cc1. The first-order valence-corrected chi connectivity index (χ1v) is 8.62. The number of urea groups is 1. The van der Waals surface area contributed by atoms with Gasteiger partial charge in [0.05, 0.1) is 10.2 Å². The predicted molar refractivity (Wildman–Crippen MR) is 98.4 cm³/mol. The minimum absolute atomic E-state index is 0.0539. The van der Waals surface area contributed by atoms with Gasteiger partial charge in [0.15, 0.2) is 0 Å². The Morgan fingerprint density at radius 2 is 1.96 bits per heavy atom. The van der Waals surface area contributed by atoms with Gasteiger partial charge in [-0.15, -0.1) is 11.3 Å². The fourth-order valence-electron chi connectivity index (χ4n) is 2.35. The van der Waals surface area contributed by atoms with Crippen LogP contribution in [-0.2, 0) is 0 Å². The number of carbonyl (C=O) groups excluding carboxylic acids is 1. The molecule has 0 bridgehead atoms. The summed E-state index contributed by atoms with van der Waals surface area (Å²) < 4.78 is 1.16. The van der Waals surface area contributed by atoms with Crippen molar-refractivity contribution in [3.8, 4) is 10.6 Å². The lowest BCUT2D eigenvalue weighted by atomic mass is 10.2. The van der Waals surface area contributed by atoms with E-state index in [0.717, 1.165) is 20.8 Å². The molecule has 24 heavy (non-hydrogen) atoms. The van der Waals surface area contributed by atoms with E-state index in [9.17, 15) is 4.79 Å². The number of hydrogen-bond acceptors (Lipinski definition) is 4. The topological polar surface area (TPSA) is 74.2 Å². The second-order valence-electron chi connectivity index (χ2n) is 5.58. The van der Waals surface area contributed by atoms with Crippen molar-refractivity contribution in [1.29, 1.82) is 0 Å². The second kappa shape index (κ2) is 7.42. The van der Waals surface area contributed by atoms with Gasteiger partial charge in [-0.25, -0.2) is 9.78 Å². The molecule has 3 N–H and O–H groups in total. The normalized spacial score (nSPS) is 12.1. The van der Waals surface area contributed by atoms with Gasteiger partial charge >= 0.3 is 6.03 Å². The maximum absolute atomic E-state index is 11.9. The zero-order chi connectivity index (χ0) is 16.9. The Labute approximate surface area is 144 Å². The Kier molecular flexibility index (Phi) is 5.08. The highest BCUT2D eigenvalue weighted by molar-refractivity contribution is 7.21. The van der Waals surface area contributed by atoms with E-state index in [1.54, 1.807) is 11.3 Å². The summed E-state index contributed by atoms with van der Waals surface area (Å²) in [6, 6.07) is 15.3. The summed E-state index contributed by atoms with van der Waals surface area (Å²) in [5, 5.41) is 15.4. The quantitative estimate of drug-likeness (QED) is 0.660. The van der Waals surface area contributed by atoms with Crippen molar-refractivity contribution in [2.75, 3.05) is 11.9 Å². The number of aliphatic hydroxyl groups excluding tert-OH is 1. The zero-order valence-corrected chi connectivity index (χ0v) is 14.1. The molecular weight excluding hydrogens is 322 g/mol. The van der Waals surface area contributed by atoms with Crippen molar-refractivity contribution in [1.82, 2.24) is 10.3 Å². The summed E-state index contributed by atoms with van der Waals surface area (Å²) in [4.78, 5) is 16.5. The molecule has 3 rings (SSSR count). The van der Waals surface area contributed by atoms with E-state index in [-0.39, 0.29) is 18.7 Å². The van der Waals surface area contributed by atoms with Crippen LogP contribution in [0.2, 0.25) is 0 Å². The van der Waals surface area contributed by atoms with Crippen LogP contribution < -0.4 is 10.6 Å². The number of aromatic nitrogens is 1. The number of aliphatic hydroxyl groups is 1. The van der Waals surface area contributed by atoms with Crippen LogP contribution in [0.3, 0.4) is 0 Å². The lowest BCUT2D eigenvalue weighted by molar-refractivity contribution is 0.241. The summed E-state index contributed by atoms with van der Waals surface area (Å²) in [6.45, 7) is 1.91. The standard InChI is InChI=1S/C18H19N3O2S/c1-12(10-11-22)19-18(23)20-14-8-6-13(7-9-14)17-21-15-4-2-3-5-16(15)24-17/h2-9,12,22H,10-11H2,1H3,(H2,19,20,23)/t12-/m1/s1. The Balaban J connectivity index is 1.68. The molecule has 0 saturated heterocycles. The van der Waals surface area contributed by atoms with Crippen LogP contribution in [0.25, 0.3) is 20.8 Å². The maximum Gasteiger partial charge on any atom is 0.319 e. The molecule has 0 unspecified atom stereocenters. The number of nitrogens with one attached hydrogen (secondary N) is 2. The molecule has 0 radical (unpaired) electrons. The number of benzene rings is 2. The molecule has 1 heterocycles. The number of anilines is 1. The van der Waals surface area contributed by atoms with Crippen LogP contribution >= 0.6 is 11.3 Å². The molecule has 3 aromatic rings. The van der Waals surface area contributed by atoms with Crippen LogP contribution in [0.4, 0.5) is 10.5 Å². The van der Waals surface area contributed by atoms with Crippen LogP contribution in [0.5, 0.6) is 0 Å². The molecule has 2 aromatic carbocycles. The van der Waals surface area contributed by atoms with Crippen LogP contribution in [-0.4, -0.2) is 28.8 Å². The van der Waals surface area contributed by atoms with Gasteiger partial charge in [0.1, 0.15) is 5.01 Å². The molecule has 0 spiro atoms. The summed E-state index contributed by atoms with van der Waals surface area (Å²) in [5.74, 6) is 0. The lowest BCUT2D eigenvalue weighted by Gasteiger charge is -2.13. The molecule has 124 valence electrons. The fourth-order valence-corrected chi connectivity index (χ4v) is 3.32. The van der Waals surface area contributed by atoms with Gasteiger partial charge in [0, 0.05) is 23.9 Å². The molecule has 2 amide bonds. The number of hydrogen-bond donors (Lipinski definition) is 3. The largest absolute Gasteiger partial charge is 0.396 e. The minimum Gasteiger partial charge on any atom is -0.396 e. The van der Waals surface area contributed by atoms with Gasteiger partial charge in [-0.2, -0.15) is 0 Å². The van der Waals surface area contributed by atoms with Crippen LogP contribution in [0.1, 0.15) is 13.3 Å². The van der Waals surface area contributed by atoms with E-state index in [0.29, 0.717) is 12.1 Å². The van der Waals surface area contributed by atoms with Crippen LogP contribution in [0.15, 0.2) is 48.5 Å². The summed E-state index contributed by atoms with van der Waals surface area (Å²) in [6.07, 6.45) is 0.532. The first-order valence-electron chi connectivity index (χ1n) is 7.80. The van der Waals surface area contributed by atoms with Gasteiger partial charge in [-0.3, -0.25) is 0 Å². The van der Waals surface area contributed by atoms with Crippen molar-refractivity contribution in [2.45, 2.75) is 19.4 Å². The number of carbonyl (C=O) groups is 1. The van der Waals surface area contributed by atoms with Crippen molar-refractivity contribution in [3.05, 3.63) is 48.5 Å². The van der Waals surface area contributed by atoms with Gasteiger partial charge < -0.3 is 15.7 Å². The highest BCUT2D eigenvalue weighted by Crippen LogP contribution is 2.30. The first-order chi connectivity index (χ1) is 11.7. The maximum atomic E-state index is 11.9. The number of nitrogens with zero attached hydrogens (tertiary/aromatic N) is 1. The molecule has 6 heteroatoms. The molecule has 0 fully saturated rings. The molecular formula is C18H19N3O2S. The van der Waals surface area contributed by atoms with Crippen molar-refractivity contribution >= 4 is 33.3 Å². The summed E-state index contributed by atoms with van der Waals surface area (Å²) in [5.41, 5.74) is 2.74. The van der Waals surface area contributed by atoms with Crippen LogP contribution in [0, 0.1) is 0 Å². The Morgan fingerprint density at radius 1 is 1.21 bits per heavy atom. The van der Waals surface area contributed by atoms with Gasteiger partial charge in [-0.05, 0) is 49.7 Å². The smallest absolute Gasteiger partial charge is 0.319 e. The number of rotatable bonds is 5. The average Bonchev–Trinajstić information content (AvgIpc) is 2.99. The van der Waals surface area contributed by atoms with Crippen molar-refractivity contribution < 1.29 is 9.90 Å². The Bertz CT molecular complexity index is 797. The third-order valence-corrected chi connectivity index (χ3v) is 4.71. The highest BCUT2D eigenvalue weighted by Gasteiger charge is 2.08. The number of thiazole rings is 1. The van der Waals surface area contributed by atoms with E-state index in [2.05, 4.69) is 21.7 Å². The second-order valence-corrected chi connectivity index (χ2v) is 6.61. The van der Waals surface area contributed by atoms with E-state index in [4.69, 9.17) is 5.11 Å². The fraction of sp³-hybridized carbons (Fsp3) is 0.222. The molecule has 1 atom stereocenters. The van der Waals surface area contributed by atoms with Gasteiger partial charge in [-0.1, -0.05) is 12.1 Å². The third-order valence-electron chi connectivity index (χ3n) is 3.62. The van der Waals surface area contributed by atoms with E-state index < -0.39 is 0 Å². The van der Waals surface area contributed by atoms with E-state index in [1.807, 2.05) is 49.4 Å². The number of fused-ring (bicyclic) bond motifs is 1. The summed E-state index contributed by atoms with van der Waals surface area (Å²) in [7, 11) is 0. The lowest BCUT2D eigenvalue weighted by Crippen LogP contribution is -2.36. The van der Waals surface area contributed by atoms with E-state index >= 15 is 0 Å².